The summed E-state index contributed by atoms with van der Waals surface area (Å²) in [6.07, 6.45) is 3.39. The SMILES string of the molecule is CCNC(CCN1CCC(C(C)O)CC1)C(C)(C)C. The molecule has 0 aliphatic carbocycles. The molecule has 0 bridgehead atoms. The van der Waals surface area contributed by atoms with E-state index in [1.165, 1.54) is 13.0 Å². The zero-order valence-corrected chi connectivity index (χ0v) is 13.6. The second kappa shape index (κ2) is 7.61. The molecule has 0 aromatic heterocycles. The Morgan fingerprint density at radius 1 is 1.26 bits per heavy atom. The van der Waals surface area contributed by atoms with Gasteiger partial charge in [0.25, 0.3) is 0 Å². The molecule has 19 heavy (non-hydrogen) atoms. The number of hydrogen-bond donors (Lipinski definition) is 2. The number of nitrogens with zero attached hydrogens (tertiary/aromatic N) is 1. The topological polar surface area (TPSA) is 35.5 Å². The Labute approximate surface area is 119 Å². The molecule has 3 heteroatoms. The van der Waals surface area contributed by atoms with E-state index in [9.17, 15) is 5.11 Å². The van der Waals surface area contributed by atoms with Gasteiger partial charge < -0.3 is 15.3 Å². The Balaban J connectivity index is 2.32. The monoisotopic (exact) mass is 270 g/mol. The predicted octanol–water partition coefficient (Wildman–Crippen LogP) is 2.49. The fourth-order valence-corrected chi connectivity index (χ4v) is 3.06. The molecular weight excluding hydrogens is 236 g/mol. The molecule has 0 saturated carbocycles. The van der Waals surface area contributed by atoms with Crippen molar-refractivity contribution in [3.8, 4) is 0 Å². The Bertz CT molecular complexity index is 240. The van der Waals surface area contributed by atoms with Gasteiger partial charge in [-0.2, -0.15) is 0 Å². The molecule has 1 saturated heterocycles. The standard InChI is InChI=1S/C16H34N2O/c1-6-17-15(16(3,4)5)9-12-18-10-7-14(8-11-18)13(2)19/h13-15,17,19H,6-12H2,1-5H3. The molecule has 1 heterocycles. The van der Waals surface area contributed by atoms with Gasteiger partial charge in [0.15, 0.2) is 0 Å². The minimum Gasteiger partial charge on any atom is -0.393 e. The molecule has 1 aliphatic heterocycles. The molecular formula is C16H34N2O. The molecule has 1 aliphatic rings. The van der Waals surface area contributed by atoms with Crippen LogP contribution in [0, 0.1) is 11.3 Å². The van der Waals surface area contributed by atoms with Gasteiger partial charge in [-0.25, -0.2) is 0 Å². The van der Waals surface area contributed by atoms with Crippen molar-refractivity contribution in [2.24, 2.45) is 11.3 Å². The largest absolute Gasteiger partial charge is 0.393 e. The molecule has 0 aromatic rings. The van der Waals surface area contributed by atoms with Gasteiger partial charge in [-0.15, -0.1) is 0 Å². The Kier molecular flexibility index (Phi) is 6.78. The lowest BCUT2D eigenvalue weighted by atomic mass is 9.84. The van der Waals surface area contributed by atoms with E-state index in [4.69, 9.17) is 0 Å². The van der Waals surface area contributed by atoms with Gasteiger partial charge in [0.2, 0.25) is 0 Å². The summed E-state index contributed by atoms with van der Waals surface area (Å²) in [5, 5.41) is 13.3. The number of aliphatic hydroxyl groups excluding tert-OH is 1. The fraction of sp³-hybridized carbons (Fsp3) is 1.00. The zero-order chi connectivity index (χ0) is 14.5. The van der Waals surface area contributed by atoms with Crippen molar-refractivity contribution in [3.05, 3.63) is 0 Å². The van der Waals surface area contributed by atoms with E-state index >= 15 is 0 Å². The van der Waals surface area contributed by atoms with E-state index < -0.39 is 0 Å². The average molecular weight is 270 g/mol. The van der Waals surface area contributed by atoms with E-state index in [0.717, 1.165) is 32.5 Å². The van der Waals surface area contributed by atoms with Gasteiger partial charge in [0, 0.05) is 6.04 Å². The van der Waals surface area contributed by atoms with Crippen molar-refractivity contribution in [2.45, 2.75) is 66.0 Å². The minimum atomic E-state index is -0.133. The molecule has 2 unspecified atom stereocenters. The number of aliphatic hydroxyl groups is 1. The van der Waals surface area contributed by atoms with Crippen molar-refractivity contribution in [1.82, 2.24) is 10.2 Å². The highest BCUT2D eigenvalue weighted by molar-refractivity contribution is 4.82. The molecule has 2 atom stereocenters. The normalized spacial score (nSPS) is 22.4. The first-order valence-electron chi connectivity index (χ1n) is 7.98. The minimum absolute atomic E-state index is 0.133. The van der Waals surface area contributed by atoms with Crippen LogP contribution in [0.2, 0.25) is 0 Å². The molecule has 0 amide bonds. The van der Waals surface area contributed by atoms with E-state index in [1.807, 2.05) is 6.92 Å². The average Bonchev–Trinajstić information content (AvgIpc) is 2.33. The summed E-state index contributed by atoms with van der Waals surface area (Å²) >= 11 is 0. The quantitative estimate of drug-likeness (QED) is 0.778. The number of rotatable bonds is 6. The van der Waals surface area contributed by atoms with Crippen LogP contribution < -0.4 is 5.32 Å². The molecule has 0 spiro atoms. The smallest absolute Gasteiger partial charge is 0.0541 e. The first kappa shape index (κ1) is 16.9. The lowest BCUT2D eigenvalue weighted by molar-refractivity contribution is 0.0687. The summed E-state index contributed by atoms with van der Waals surface area (Å²) in [4.78, 5) is 2.56. The van der Waals surface area contributed by atoms with Crippen LogP contribution in [-0.2, 0) is 0 Å². The van der Waals surface area contributed by atoms with Crippen LogP contribution in [0.3, 0.4) is 0 Å². The third-order valence-corrected chi connectivity index (χ3v) is 4.54. The highest BCUT2D eigenvalue weighted by Crippen LogP contribution is 2.24. The van der Waals surface area contributed by atoms with Crippen LogP contribution in [0.25, 0.3) is 0 Å². The highest BCUT2D eigenvalue weighted by atomic mass is 16.3. The maximum Gasteiger partial charge on any atom is 0.0541 e. The van der Waals surface area contributed by atoms with E-state index in [0.29, 0.717) is 17.4 Å². The number of hydrogen-bond acceptors (Lipinski definition) is 3. The van der Waals surface area contributed by atoms with Gasteiger partial charge in [-0.1, -0.05) is 27.7 Å². The Morgan fingerprint density at radius 3 is 2.26 bits per heavy atom. The molecule has 1 rings (SSSR count). The lowest BCUT2D eigenvalue weighted by Gasteiger charge is -2.36. The molecule has 0 radical (unpaired) electrons. The molecule has 2 N–H and O–H groups in total. The lowest BCUT2D eigenvalue weighted by Crippen LogP contribution is -2.44. The summed E-state index contributed by atoms with van der Waals surface area (Å²) in [7, 11) is 0. The van der Waals surface area contributed by atoms with Crippen molar-refractivity contribution in [2.75, 3.05) is 26.2 Å². The van der Waals surface area contributed by atoms with Gasteiger partial charge in [-0.05, 0) is 63.7 Å². The molecule has 3 nitrogen and oxygen atoms in total. The first-order chi connectivity index (χ1) is 8.84. The number of nitrogens with one attached hydrogen (secondary N) is 1. The van der Waals surface area contributed by atoms with Gasteiger partial charge in [0.1, 0.15) is 0 Å². The summed E-state index contributed by atoms with van der Waals surface area (Å²) in [6, 6.07) is 0.590. The van der Waals surface area contributed by atoms with Gasteiger partial charge in [-0.3, -0.25) is 0 Å². The third kappa shape index (κ3) is 5.80. The maximum absolute atomic E-state index is 9.63. The van der Waals surface area contributed by atoms with Crippen LogP contribution in [-0.4, -0.2) is 48.3 Å². The summed E-state index contributed by atoms with van der Waals surface area (Å²) < 4.78 is 0. The second-order valence-electron chi connectivity index (χ2n) is 7.18. The van der Waals surface area contributed by atoms with Crippen LogP contribution in [0.15, 0.2) is 0 Å². The van der Waals surface area contributed by atoms with Crippen LogP contribution >= 0.6 is 0 Å². The van der Waals surface area contributed by atoms with E-state index in [-0.39, 0.29) is 6.10 Å². The summed E-state index contributed by atoms with van der Waals surface area (Å²) in [5.41, 5.74) is 0.327. The van der Waals surface area contributed by atoms with Gasteiger partial charge in [0.05, 0.1) is 6.10 Å². The fourth-order valence-electron chi connectivity index (χ4n) is 3.06. The first-order valence-corrected chi connectivity index (χ1v) is 7.98. The zero-order valence-electron chi connectivity index (χ0n) is 13.6. The van der Waals surface area contributed by atoms with Crippen molar-refractivity contribution in [1.29, 1.82) is 0 Å². The maximum atomic E-state index is 9.63. The van der Waals surface area contributed by atoms with E-state index in [1.54, 1.807) is 0 Å². The van der Waals surface area contributed by atoms with E-state index in [2.05, 4.69) is 37.9 Å². The van der Waals surface area contributed by atoms with Crippen molar-refractivity contribution < 1.29 is 5.11 Å². The molecule has 0 aromatic carbocycles. The molecule has 1 fully saturated rings. The van der Waals surface area contributed by atoms with Crippen LogP contribution in [0.1, 0.15) is 53.9 Å². The predicted molar refractivity (Wildman–Crippen MR) is 82.4 cm³/mol. The third-order valence-electron chi connectivity index (χ3n) is 4.54. The molecule has 114 valence electrons. The highest BCUT2D eigenvalue weighted by Gasteiger charge is 2.26. The summed E-state index contributed by atoms with van der Waals surface area (Å²) in [5.74, 6) is 0.517. The van der Waals surface area contributed by atoms with Crippen LogP contribution in [0.4, 0.5) is 0 Å². The van der Waals surface area contributed by atoms with Gasteiger partial charge >= 0.3 is 0 Å². The Morgan fingerprint density at radius 2 is 1.84 bits per heavy atom. The number of likely N-dealkylation sites (tertiary alicyclic amines) is 1. The van der Waals surface area contributed by atoms with Crippen LogP contribution in [0.5, 0.6) is 0 Å². The van der Waals surface area contributed by atoms with Crippen molar-refractivity contribution >= 4 is 0 Å². The second-order valence-corrected chi connectivity index (χ2v) is 7.18. The Hall–Kier alpha value is -0.120. The van der Waals surface area contributed by atoms with Crippen molar-refractivity contribution in [3.63, 3.8) is 0 Å². The summed E-state index contributed by atoms with van der Waals surface area (Å²) in [6.45, 7) is 15.6. The number of piperidine rings is 1.